The Bertz CT molecular complexity index is 1240. The number of H-pyrrole nitrogens is 1. The number of ether oxygens (including phenoxy) is 4. The minimum Gasteiger partial charge on any atom is -0.493 e. The van der Waals surface area contributed by atoms with E-state index in [2.05, 4.69) is 10.3 Å². The zero-order chi connectivity index (χ0) is 23.9. The number of amides is 1. The molecule has 2 heterocycles. The molecule has 0 fully saturated rings. The molecule has 0 unspecified atom stereocenters. The zero-order valence-electron chi connectivity index (χ0n) is 18.8. The molecule has 0 saturated carbocycles. The largest absolute Gasteiger partial charge is 0.493 e. The lowest BCUT2D eigenvalue weighted by Gasteiger charge is -2.16. The first kappa shape index (κ1) is 22.2. The third kappa shape index (κ3) is 3.55. The van der Waals surface area contributed by atoms with Crippen molar-refractivity contribution < 1.29 is 32.9 Å². The fourth-order valence-electron chi connectivity index (χ4n) is 4.27. The number of carbonyl (C=O) groups excluding carboxylic acids is 2. The minimum absolute atomic E-state index is 0.207. The normalized spacial score (nSPS) is 14.5. The quantitative estimate of drug-likeness (QED) is 0.546. The van der Waals surface area contributed by atoms with E-state index in [-0.39, 0.29) is 11.5 Å². The molecule has 0 bridgehead atoms. The highest BCUT2D eigenvalue weighted by atomic mass is 19.1. The topological polar surface area (TPSA) is 98.9 Å². The standard InChI is InChI=1S/C24H23FN2O6/c1-11-18(24(29)33-5)20(19-14-10-13(25)6-7-15(14)27-23(19)28)21(26-11)12-8-16(30-2)22(32-4)17(9-12)31-3/h6-10,19,26H,1-5H3,(H,27,28)/t19-/m1/s1. The van der Waals surface area contributed by atoms with Gasteiger partial charge < -0.3 is 29.2 Å². The van der Waals surface area contributed by atoms with Crippen LogP contribution in [-0.2, 0) is 9.53 Å². The van der Waals surface area contributed by atoms with Gasteiger partial charge in [0.1, 0.15) is 5.82 Å². The van der Waals surface area contributed by atoms with E-state index in [4.69, 9.17) is 18.9 Å². The number of halogens is 1. The first-order valence-corrected chi connectivity index (χ1v) is 10.1. The molecular formula is C24H23FN2O6. The lowest BCUT2D eigenvalue weighted by atomic mass is 9.87. The van der Waals surface area contributed by atoms with Gasteiger partial charge in [-0.15, -0.1) is 0 Å². The summed E-state index contributed by atoms with van der Waals surface area (Å²) in [5.41, 5.74) is 3.04. The Hall–Kier alpha value is -4.01. The number of methoxy groups -OCH3 is 4. The van der Waals surface area contributed by atoms with Crippen LogP contribution in [0.1, 0.15) is 33.1 Å². The van der Waals surface area contributed by atoms with Crippen molar-refractivity contribution in [3.8, 4) is 28.5 Å². The third-order valence-electron chi connectivity index (χ3n) is 5.70. The van der Waals surface area contributed by atoms with Crippen LogP contribution in [0.15, 0.2) is 30.3 Å². The zero-order valence-corrected chi connectivity index (χ0v) is 18.8. The van der Waals surface area contributed by atoms with Crippen LogP contribution < -0.4 is 19.5 Å². The van der Waals surface area contributed by atoms with Crippen molar-refractivity contribution in [1.29, 1.82) is 0 Å². The van der Waals surface area contributed by atoms with E-state index >= 15 is 0 Å². The van der Waals surface area contributed by atoms with Crippen molar-refractivity contribution in [3.63, 3.8) is 0 Å². The average molecular weight is 454 g/mol. The molecule has 0 spiro atoms. The number of hydrogen-bond donors (Lipinski definition) is 2. The van der Waals surface area contributed by atoms with E-state index in [1.165, 1.54) is 46.6 Å². The van der Waals surface area contributed by atoms with Crippen molar-refractivity contribution >= 4 is 17.6 Å². The van der Waals surface area contributed by atoms with Crippen molar-refractivity contribution in [3.05, 3.63) is 58.5 Å². The maximum Gasteiger partial charge on any atom is 0.340 e. The predicted octanol–water partition coefficient (Wildman–Crippen LogP) is 4.03. The summed E-state index contributed by atoms with van der Waals surface area (Å²) in [4.78, 5) is 29.0. The second kappa shape index (κ2) is 8.50. The summed E-state index contributed by atoms with van der Waals surface area (Å²) < 4.78 is 35.5. The number of esters is 1. The number of carbonyl (C=O) groups is 2. The van der Waals surface area contributed by atoms with Gasteiger partial charge in [-0.05, 0) is 42.8 Å². The maximum atomic E-state index is 14.1. The summed E-state index contributed by atoms with van der Waals surface area (Å²) in [6, 6.07) is 7.47. The van der Waals surface area contributed by atoms with E-state index in [0.29, 0.717) is 51.0 Å². The number of anilines is 1. The summed E-state index contributed by atoms with van der Waals surface area (Å²) in [5, 5.41) is 2.77. The van der Waals surface area contributed by atoms with Crippen LogP contribution in [0.2, 0.25) is 0 Å². The van der Waals surface area contributed by atoms with E-state index in [1.807, 2.05) is 0 Å². The number of rotatable bonds is 6. The number of fused-ring (bicyclic) bond motifs is 1. The number of aryl methyl sites for hydroxylation is 1. The van der Waals surface area contributed by atoms with Crippen LogP contribution in [-0.4, -0.2) is 45.3 Å². The van der Waals surface area contributed by atoms with Crippen LogP contribution in [0.4, 0.5) is 10.1 Å². The molecule has 9 heteroatoms. The summed E-state index contributed by atoms with van der Waals surface area (Å²) in [6.07, 6.45) is 0. The first-order valence-electron chi connectivity index (χ1n) is 10.1. The highest BCUT2D eigenvalue weighted by Gasteiger charge is 2.39. The average Bonchev–Trinajstić information content (AvgIpc) is 3.32. The highest BCUT2D eigenvalue weighted by molar-refractivity contribution is 6.08. The molecule has 0 aliphatic carbocycles. The Morgan fingerprint density at radius 2 is 1.67 bits per heavy atom. The molecular weight excluding hydrogens is 431 g/mol. The van der Waals surface area contributed by atoms with Crippen molar-refractivity contribution in [2.45, 2.75) is 12.8 Å². The van der Waals surface area contributed by atoms with E-state index in [0.717, 1.165) is 0 Å². The van der Waals surface area contributed by atoms with Crippen LogP contribution in [0, 0.1) is 12.7 Å². The number of aromatic amines is 1. The van der Waals surface area contributed by atoms with Gasteiger partial charge >= 0.3 is 5.97 Å². The first-order chi connectivity index (χ1) is 15.8. The van der Waals surface area contributed by atoms with E-state index in [1.54, 1.807) is 19.1 Å². The summed E-state index contributed by atoms with van der Waals surface area (Å²) in [7, 11) is 5.74. The number of hydrogen-bond acceptors (Lipinski definition) is 6. The lowest BCUT2D eigenvalue weighted by molar-refractivity contribution is -0.116. The number of nitrogens with one attached hydrogen (secondary N) is 2. The van der Waals surface area contributed by atoms with Gasteiger partial charge in [0.25, 0.3) is 0 Å². The molecule has 0 saturated heterocycles. The second-order valence-corrected chi connectivity index (χ2v) is 7.47. The second-order valence-electron chi connectivity index (χ2n) is 7.47. The molecule has 3 aromatic rings. The van der Waals surface area contributed by atoms with Crippen molar-refractivity contribution in [2.24, 2.45) is 0 Å². The molecule has 8 nitrogen and oxygen atoms in total. The monoisotopic (exact) mass is 454 g/mol. The number of aromatic nitrogens is 1. The van der Waals surface area contributed by atoms with Gasteiger partial charge in [0.05, 0.1) is 45.6 Å². The van der Waals surface area contributed by atoms with Gasteiger partial charge in [-0.1, -0.05) is 0 Å². The van der Waals surface area contributed by atoms with Crippen LogP contribution in [0.5, 0.6) is 17.2 Å². The fourth-order valence-corrected chi connectivity index (χ4v) is 4.27. The smallest absolute Gasteiger partial charge is 0.340 e. The number of benzene rings is 2. The molecule has 0 radical (unpaired) electrons. The lowest BCUT2D eigenvalue weighted by Crippen LogP contribution is -2.17. The Labute approximate surface area is 189 Å². The SMILES string of the molecule is COC(=O)c1c(C)[nH]c(-c2cc(OC)c(OC)c(OC)c2)c1[C@@H]1C(=O)Nc2ccc(F)cc21. The van der Waals surface area contributed by atoms with Crippen LogP contribution in [0.3, 0.4) is 0 Å². The van der Waals surface area contributed by atoms with Gasteiger partial charge in [-0.25, -0.2) is 9.18 Å². The van der Waals surface area contributed by atoms with Crippen molar-refractivity contribution in [1.82, 2.24) is 4.98 Å². The Kier molecular flexibility index (Phi) is 5.71. The molecule has 1 aliphatic heterocycles. The molecule has 2 aromatic carbocycles. The van der Waals surface area contributed by atoms with Gasteiger partial charge in [-0.3, -0.25) is 4.79 Å². The van der Waals surface area contributed by atoms with Gasteiger partial charge in [-0.2, -0.15) is 0 Å². The molecule has 1 atom stereocenters. The molecule has 33 heavy (non-hydrogen) atoms. The third-order valence-corrected chi connectivity index (χ3v) is 5.70. The molecule has 1 amide bonds. The summed E-state index contributed by atoms with van der Waals surface area (Å²) >= 11 is 0. The fraction of sp³-hybridized carbons (Fsp3) is 0.250. The molecule has 172 valence electrons. The Balaban J connectivity index is 2.03. The highest BCUT2D eigenvalue weighted by Crippen LogP contribution is 2.47. The van der Waals surface area contributed by atoms with E-state index < -0.39 is 17.7 Å². The Morgan fingerprint density at radius 3 is 2.24 bits per heavy atom. The maximum absolute atomic E-state index is 14.1. The van der Waals surface area contributed by atoms with E-state index in [9.17, 15) is 14.0 Å². The molecule has 1 aromatic heterocycles. The molecule has 1 aliphatic rings. The summed E-state index contributed by atoms with van der Waals surface area (Å²) in [5.74, 6) is -1.24. The molecule has 2 N–H and O–H groups in total. The minimum atomic E-state index is -0.941. The van der Waals surface area contributed by atoms with Gasteiger partial charge in [0.2, 0.25) is 11.7 Å². The van der Waals surface area contributed by atoms with Gasteiger partial charge in [0.15, 0.2) is 11.5 Å². The van der Waals surface area contributed by atoms with Crippen molar-refractivity contribution in [2.75, 3.05) is 33.8 Å². The Morgan fingerprint density at radius 1 is 1.00 bits per heavy atom. The predicted molar refractivity (Wildman–Crippen MR) is 119 cm³/mol. The molecule has 4 rings (SSSR count). The summed E-state index contributed by atoms with van der Waals surface area (Å²) in [6.45, 7) is 1.70. The van der Waals surface area contributed by atoms with Crippen LogP contribution in [0.25, 0.3) is 11.3 Å². The van der Waals surface area contributed by atoms with Crippen LogP contribution >= 0.6 is 0 Å². The van der Waals surface area contributed by atoms with Gasteiger partial charge in [0, 0.05) is 22.5 Å².